The van der Waals surface area contributed by atoms with Crippen LogP contribution in [0.2, 0.25) is 0 Å². The number of H-pyrrole nitrogens is 1. The third-order valence-corrected chi connectivity index (χ3v) is 5.63. The van der Waals surface area contributed by atoms with E-state index in [0.29, 0.717) is 17.9 Å². The van der Waals surface area contributed by atoms with E-state index in [2.05, 4.69) is 16.4 Å². The highest BCUT2D eigenvalue weighted by Crippen LogP contribution is 2.44. The molecule has 1 unspecified atom stereocenters. The standard InChI is InChI=1S/C25H19N3O2/c26-14-13-25(24(29)19-9-4-5-11-21(19)28-25)20-15-27-23-18(20)10-6-12-22(23)30-16-17-7-2-1-3-8-17/h1-12,15,27-28H,13,16H2. The molecule has 5 heteroatoms. The SMILES string of the molecule is N#CCC1(c2c[nH]c3c(OCc4ccccc4)cccc23)Nc2ccccc2C1=O. The third-order valence-electron chi connectivity index (χ3n) is 5.63. The zero-order chi connectivity index (χ0) is 20.6. The minimum atomic E-state index is -1.12. The summed E-state index contributed by atoms with van der Waals surface area (Å²) in [6.07, 6.45) is 1.84. The Balaban J connectivity index is 1.56. The number of Topliss-reactive ketones (excluding diaryl/α,β-unsaturated/α-hetero) is 1. The minimum Gasteiger partial charge on any atom is -0.487 e. The Morgan fingerprint density at radius 2 is 1.77 bits per heavy atom. The van der Waals surface area contributed by atoms with Crippen molar-refractivity contribution in [2.24, 2.45) is 0 Å². The van der Waals surface area contributed by atoms with Crippen molar-refractivity contribution in [1.82, 2.24) is 4.98 Å². The number of hydrogen-bond acceptors (Lipinski definition) is 4. The van der Waals surface area contributed by atoms with Crippen LogP contribution in [0.1, 0.15) is 27.9 Å². The van der Waals surface area contributed by atoms with Gasteiger partial charge in [-0.3, -0.25) is 4.79 Å². The van der Waals surface area contributed by atoms with Crippen molar-refractivity contribution in [3.05, 3.63) is 95.7 Å². The van der Waals surface area contributed by atoms with Crippen molar-refractivity contribution in [1.29, 1.82) is 5.26 Å². The molecule has 5 rings (SSSR count). The van der Waals surface area contributed by atoms with Gasteiger partial charge < -0.3 is 15.0 Å². The summed E-state index contributed by atoms with van der Waals surface area (Å²) < 4.78 is 6.06. The molecule has 30 heavy (non-hydrogen) atoms. The van der Waals surface area contributed by atoms with Crippen LogP contribution in [0.3, 0.4) is 0 Å². The molecule has 3 aromatic carbocycles. The smallest absolute Gasteiger partial charge is 0.195 e. The summed E-state index contributed by atoms with van der Waals surface area (Å²) in [5.74, 6) is 0.619. The summed E-state index contributed by atoms with van der Waals surface area (Å²) >= 11 is 0. The molecule has 0 radical (unpaired) electrons. The average Bonchev–Trinajstić information content (AvgIpc) is 3.34. The number of nitrogens with one attached hydrogen (secondary N) is 2. The Morgan fingerprint density at radius 1 is 0.967 bits per heavy atom. The zero-order valence-corrected chi connectivity index (χ0v) is 16.2. The Labute approximate surface area is 173 Å². The Bertz CT molecular complexity index is 1290. The van der Waals surface area contributed by atoms with Crippen LogP contribution in [0.25, 0.3) is 10.9 Å². The van der Waals surface area contributed by atoms with Gasteiger partial charge in [0.2, 0.25) is 0 Å². The molecular weight excluding hydrogens is 374 g/mol. The van der Waals surface area contributed by atoms with Crippen LogP contribution in [0, 0.1) is 11.3 Å². The largest absolute Gasteiger partial charge is 0.487 e. The average molecular weight is 393 g/mol. The predicted molar refractivity (Wildman–Crippen MR) is 115 cm³/mol. The lowest BCUT2D eigenvalue weighted by molar-refractivity contribution is 0.0920. The van der Waals surface area contributed by atoms with E-state index in [1.165, 1.54) is 0 Å². The molecule has 0 bridgehead atoms. The van der Waals surface area contributed by atoms with Gasteiger partial charge in [0.05, 0.1) is 18.0 Å². The van der Waals surface area contributed by atoms with Crippen LogP contribution in [-0.2, 0) is 12.1 Å². The highest BCUT2D eigenvalue weighted by molar-refractivity contribution is 6.15. The first-order valence-electron chi connectivity index (χ1n) is 9.79. The topological polar surface area (TPSA) is 77.9 Å². The van der Waals surface area contributed by atoms with Gasteiger partial charge in [0.25, 0.3) is 0 Å². The Hall–Kier alpha value is -4.04. The van der Waals surface area contributed by atoms with E-state index in [1.54, 1.807) is 6.07 Å². The molecule has 146 valence electrons. The van der Waals surface area contributed by atoms with Crippen molar-refractivity contribution >= 4 is 22.4 Å². The molecular formula is C25H19N3O2. The number of aromatic amines is 1. The predicted octanol–water partition coefficient (Wildman–Crippen LogP) is 5.16. The number of nitrogens with zero attached hydrogens (tertiary/aromatic N) is 1. The van der Waals surface area contributed by atoms with Gasteiger partial charge >= 0.3 is 0 Å². The first-order valence-corrected chi connectivity index (χ1v) is 9.79. The third kappa shape index (κ3) is 2.73. The first kappa shape index (κ1) is 18.0. The number of hydrogen-bond donors (Lipinski definition) is 2. The molecule has 0 amide bonds. The van der Waals surface area contributed by atoms with Crippen molar-refractivity contribution in [3.8, 4) is 11.8 Å². The highest BCUT2D eigenvalue weighted by atomic mass is 16.5. The number of fused-ring (bicyclic) bond motifs is 2. The second-order valence-electron chi connectivity index (χ2n) is 7.40. The van der Waals surface area contributed by atoms with Crippen molar-refractivity contribution in [3.63, 3.8) is 0 Å². The van der Waals surface area contributed by atoms with Gasteiger partial charge in [-0.15, -0.1) is 0 Å². The number of benzene rings is 3. The summed E-state index contributed by atoms with van der Waals surface area (Å²) in [5.41, 5.74) is 2.89. The van der Waals surface area contributed by atoms with E-state index in [1.807, 2.05) is 72.9 Å². The fraction of sp³-hybridized carbons (Fsp3) is 0.120. The molecule has 4 aromatic rings. The maximum absolute atomic E-state index is 13.4. The van der Waals surface area contributed by atoms with Crippen LogP contribution in [0.5, 0.6) is 5.75 Å². The van der Waals surface area contributed by atoms with Crippen LogP contribution < -0.4 is 10.1 Å². The fourth-order valence-corrected chi connectivity index (χ4v) is 4.17. The van der Waals surface area contributed by atoms with Gasteiger partial charge in [-0.1, -0.05) is 54.6 Å². The number of ether oxygens (including phenoxy) is 1. The van der Waals surface area contributed by atoms with Crippen LogP contribution in [-0.4, -0.2) is 10.8 Å². The molecule has 1 aromatic heterocycles. The van der Waals surface area contributed by atoms with Gasteiger partial charge in [0.1, 0.15) is 17.9 Å². The van der Waals surface area contributed by atoms with Crippen LogP contribution in [0.15, 0.2) is 79.0 Å². The number of carbonyl (C=O) groups excluding carboxylic acids is 1. The van der Waals surface area contributed by atoms with Crippen LogP contribution >= 0.6 is 0 Å². The van der Waals surface area contributed by atoms with Crippen molar-refractivity contribution < 1.29 is 9.53 Å². The molecule has 0 saturated carbocycles. The molecule has 2 heterocycles. The number of anilines is 1. The lowest BCUT2D eigenvalue weighted by atomic mass is 9.83. The summed E-state index contributed by atoms with van der Waals surface area (Å²) in [6, 6.07) is 25.3. The highest BCUT2D eigenvalue weighted by Gasteiger charge is 2.48. The second-order valence-corrected chi connectivity index (χ2v) is 7.40. The van der Waals surface area contributed by atoms with Crippen LogP contribution in [0.4, 0.5) is 5.69 Å². The van der Waals surface area contributed by atoms with E-state index in [9.17, 15) is 10.1 Å². The molecule has 2 N–H and O–H groups in total. The molecule has 0 spiro atoms. The number of nitriles is 1. The summed E-state index contributed by atoms with van der Waals surface area (Å²) in [4.78, 5) is 16.7. The second kappa shape index (κ2) is 7.09. The summed E-state index contributed by atoms with van der Waals surface area (Å²) in [7, 11) is 0. The molecule has 1 atom stereocenters. The lowest BCUT2D eigenvalue weighted by Crippen LogP contribution is -2.38. The van der Waals surface area contributed by atoms with Gasteiger partial charge in [-0.2, -0.15) is 5.26 Å². The van der Waals surface area contributed by atoms with E-state index in [0.717, 1.165) is 27.7 Å². The van der Waals surface area contributed by atoms with Gasteiger partial charge in [-0.25, -0.2) is 0 Å². The minimum absolute atomic E-state index is 0.0303. The number of carbonyl (C=O) groups is 1. The fourth-order valence-electron chi connectivity index (χ4n) is 4.17. The molecule has 5 nitrogen and oxygen atoms in total. The number of ketones is 1. The van der Waals surface area contributed by atoms with E-state index in [4.69, 9.17) is 4.74 Å². The normalized spacial score (nSPS) is 17.4. The van der Waals surface area contributed by atoms with E-state index >= 15 is 0 Å². The quantitative estimate of drug-likeness (QED) is 0.491. The van der Waals surface area contributed by atoms with Gasteiger partial charge in [0, 0.05) is 28.4 Å². The molecule has 0 aliphatic carbocycles. The molecule has 1 aliphatic heterocycles. The van der Waals surface area contributed by atoms with Gasteiger partial charge in [-0.05, 0) is 23.8 Å². The summed E-state index contributed by atoms with van der Waals surface area (Å²) in [6.45, 7) is 0.445. The zero-order valence-electron chi connectivity index (χ0n) is 16.2. The van der Waals surface area contributed by atoms with E-state index < -0.39 is 5.54 Å². The summed E-state index contributed by atoms with van der Waals surface area (Å²) in [5, 5.41) is 13.8. The maximum Gasteiger partial charge on any atom is 0.195 e. The van der Waals surface area contributed by atoms with Crippen molar-refractivity contribution in [2.75, 3.05) is 5.32 Å². The Kier molecular flexibility index (Phi) is 4.26. The molecule has 1 aliphatic rings. The van der Waals surface area contributed by atoms with Gasteiger partial charge in [0.15, 0.2) is 5.78 Å². The van der Waals surface area contributed by atoms with Crippen molar-refractivity contribution in [2.45, 2.75) is 18.6 Å². The van der Waals surface area contributed by atoms with E-state index in [-0.39, 0.29) is 12.2 Å². The first-order chi connectivity index (χ1) is 14.7. The lowest BCUT2D eigenvalue weighted by Gasteiger charge is -2.25. The maximum atomic E-state index is 13.4. The number of aromatic nitrogens is 1. The Morgan fingerprint density at radius 3 is 2.57 bits per heavy atom. The number of para-hydroxylation sites is 2. The molecule has 0 saturated heterocycles. The molecule has 0 fully saturated rings. The monoisotopic (exact) mass is 393 g/mol. The number of rotatable bonds is 5.